The zero-order chi connectivity index (χ0) is 14.5. The van der Waals surface area contributed by atoms with Crippen molar-refractivity contribution in [3.63, 3.8) is 0 Å². The first-order chi connectivity index (χ1) is 9.61. The van der Waals surface area contributed by atoms with Crippen LogP contribution in [0, 0.1) is 5.92 Å². The maximum absolute atomic E-state index is 12.3. The molecule has 1 unspecified atom stereocenters. The Labute approximate surface area is 117 Å². The summed E-state index contributed by atoms with van der Waals surface area (Å²) in [5.41, 5.74) is 0.696. The molecule has 1 N–H and O–H groups in total. The minimum atomic E-state index is -2.89. The van der Waals surface area contributed by atoms with Crippen LogP contribution in [0.3, 0.4) is 0 Å². The van der Waals surface area contributed by atoms with E-state index in [-0.39, 0.29) is 17.4 Å². The van der Waals surface area contributed by atoms with Crippen LogP contribution in [-0.4, -0.2) is 18.3 Å². The highest BCUT2D eigenvalue weighted by Crippen LogP contribution is 2.38. The maximum Gasteiger partial charge on any atom is 0.387 e. The van der Waals surface area contributed by atoms with Gasteiger partial charge in [0.2, 0.25) is 0 Å². The fraction of sp³-hybridized carbons (Fsp3) is 0.600. The number of hydrogen-bond donors (Lipinski definition) is 1. The summed E-state index contributed by atoms with van der Waals surface area (Å²) in [6, 6.07) is 4.66. The van der Waals surface area contributed by atoms with Gasteiger partial charge in [0.05, 0.1) is 12.7 Å². The van der Waals surface area contributed by atoms with E-state index in [2.05, 4.69) is 4.74 Å². The molecule has 20 heavy (non-hydrogen) atoms. The summed E-state index contributed by atoms with van der Waals surface area (Å²) in [6.45, 7) is -0.769. The van der Waals surface area contributed by atoms with Crippen molar-refractivity contribution in [2.24, 2.45) is 5.92 Å². The summed E-state index contributed by atoms with van der Waals surface area (Å²) in [7, 11) is 0. The summed E-state index contributed by atoms with van der Waals surface area (Å²) in [5, 5.41) is 10.3. The molecule has 0 amide bonds. The van der Waals surface area contributed by atoms with Gasteiger partial charge in [-0.05, 0) is 43.4 Å². The molecule has 1 aliphatic carbocycles. The molecule has 1 saturated carbocycles. The van der Waals surface area contributed by atoms with Gasteiger partial charge in [-0.1, -0.05) is 18.9 Å². The van der Waals surface area contributed by atoms with E-state index in [0.717, 1.165) is 25.7 Å². The van der Waals surface area contributed by atoms with E-state index in [1.807, 2.05) is 0 Å². The lowest BCUT2D eigenvalue weighted by molar-refractivity contribution is -0.0514. The highest BCUT2D eigenvalue weighted by atomic mass is 19.3. The Morgan fingerprint density at radius 1 is 1.25 bits per heavy atom. The molecule has 112 valence electrons. The van der Waals surface area contributed by atoms with Crippen molar-refractivity contribution in [3.05, 3.63) is 23.8 Å². The first-order valence-electron chi connectivity index (χ1n) is 7.01. The van der Waals surface area contributed by atoms with Crippen LogP contribution in [0.1, 0.15) is 44.3 Å². The molecule has 3 nitrogen and oxygen atoms in total. The summed E-state index contributed by atoms with van der Waals surface area (Å²) in [6.07, 6.45) is 3.69. The summed E-state index contributed by atoms with van der Waals surface area (Å²) in [5.74, 6) is 0.498. The van der Waals surface area contributed by atoms with Gasteiger partial charge in [-0.3, -0.25) is 0 Å². The average Bonchev–Trinajstić information content (AvgIpc) is 2.93. The van der Waals surface area contributed by atoms with Gasteiger partial charge in [0, 0.05) is 0 Å². The van der Waals surface area contributed by atoms with Crippen LogP contribution in [0.2, 0.25) is 0 Å². The molecule has 0 heterocycles. The van der Waals surface area contributed by atoms with Crippen LogP contribution in [-0.2, 0) is 0 Å². The van der Waals surface area contributed by atoms with Crippen molar-refractivity contribution in [2.75, 3.05) is 6.61 Å². The van der Waals surface area contributed by atoms with E-state index in [1.54, 1.807) is 19.1 Å². The number of benzene rings is 1. The fourth-order valence-electron chi connectivity index (χ4n) is 2.72. The molecule has 0 saturated heterocycles. The van der Waals surface area contributed by atoms with E-state index in [4.69, 9.17) is 4.74 Å². The SMILES string of the molecule is CCOc1cc(C(O)C2CCCC2)ccc1OC(F)F. The van der Waals surface area contributed by atoms with Gasteiger partial charge < -0.3 is 14.6 Å². The number of halogens is 2. The molecule has 0 spiro atoms. The van der Waals surface area contributed by atoms with Crippen molar-refractivity contribution in [1.29, 1.82) is 0 Å². The fourth-order valence-corrected chi connectivity index (χ4v) is 2.72. The van der Waals surface area contributed by atoms with Gasteiger partial charge >= 0.3 is 6.61 Å². The number of alkyl halides is 2. The highest BCUT2D eigenvalue weighted by molar-refractivity contribution is 5.43. The molecule has 1 aliphatic rings. The van der Waals surface area contributed by atoms with Crippen LogP contribution in [0.4, 0.5) is 8.78 Å². The molecular weight excluding hydrogens is 266 g/mol. The van der Waals surface area contributed by atoms with Gasteiger partial charge in [0.25, 0.3) is 0 Å². The van der Waals surface area contributed by atoms with E-state index >= 15 is 0 Å². The summed E-state index contributed by atoms with van der Waals surface area (Å²) in [4.78, 5) is 0. The third-order valence-corrected chi connectivity index (χ3v) is 3.67. The van der Waals surface area contributed by atoms with Crippen molar-refractivity contribution in [2.45, 2.75) is 45.3 Å². The van der Waals surface area contributed by atoms with Gasteiger partial charge in [0.1, 0.15) is 0 Å². The molecule has 1 aromatic carbocycles. The van der Waals surface area contributed by atoms with Crippen molar-refractivity contribution >= 4 is 0 Å². The number of rotatable bonds is 6. The molecule has 1 fully saturated rings. The van der Waals surface area contributed by atoms with Gasteiger partial charge in [-0.2, -0.15) is 8.78 Å². The Morgan fingerprint density at radius 2 is 1.95 bits per heavy atom. The largest absolute Gasteiger partial charge is 0.490 e. The predicted molar refractivity (Wildman–Crippen MR) is 71.2 cm³/mol. The first kappa shape index (κ1) is 15.0. The molecule has 5 heteroatoms. The van der Waals surface area contributed by atoms with E-state index in [0.29, 0.717) is 12.2 Å². The molecular formula is C15H20F2O3. The lowest BCUT2D eigenvalue weighted by atomic mass is 9.94. The van der Waals surface area contributed by atoms with E-state index < -0.39 is 12.7 Å². The van der Waals surface area contributed by atoms with Crippen LogP contribution >= 0.6 is 0 Å². The predicted octanol–water partition coefficient (Wildman–Crippen LogP) is 3.91. The maximum atomic E-state index is 12.3. The third-order valence-electron chi connectivity index (χ3n) is 3.67. The van der Waals surface area contributed by atoms with Crippen molar-refractivity contribution in [3.8, 4) is 11.5 Å². The second-order valence-corrected chi connectivity index (χ2v) is 5.01. The van der Waals surface area contributed by atoms with Crippen LogP contribution < -0.4 is 9.47 Å². The van der Waals surface area contributed by atoms with E-state index in [1.165, 1.54) is 6.07 Å². The molecule has 2 rings (SSSR count). The summed E-state index contributed by atoms with van der Waals surface area (Å²) < 4.78 is 34.4. The number of aliphatic hydroxyl groups is 1. The lowest BCUT2D eigenvalue weighted by Gasteiger charge is -2.20. The standard InChI is InChI=1S/C15H20F2O3/c1-2-19-13-9-11(7-8-12(13)20-15(16)17)14(18)10-5-3-4-6-10/h7-10,14-15,18H,2-6H2,1H3. The second-order valence-electron chi connectivity index (χ2n) is 5.01. The molecule has 0 aromatic heterocycles. The molecule has 1 aromatic rings. The Balaban J connectivity index is 2.19. The number of aliphatic hydroxyl groups excluding tert-OH is 1. The quantitative estimate of drug-likeness (QED) is 0.861. The molecule has 0 radical (unpaired) electrons. The van der Waals surface area contributed by atoms with E-state index in [9.17, 15) is 13.9 Å². The van der Waals surface area contributed by atoms with Crippen LogP contribution in [0.25, 0.3) is 0 Å². The zero-order valence-electron chi connectivity index (χ0n) is 11.5. The second kappa shape index (κ2) is 6.88. The number of ether oxygens (including phenoxy) is 2. The Morgan fingerprint density at radius 3 is 2.55 bits per heavy atom. The monoisotopic (exact) mass is 286 g/mol. The smallest absolute Gasteiger partial charge is 0.387 e. The Hall–Kier alpha value is -1.36. The normalized spacial score (nSPS) is 17.4. The Bertz CT molecular complexity index is 431. The zero-order valence-corrected chi connectivity index (χ0v) is 11.5. The van der Waals surface area contributed by atoms with Gasteiger partial charge in [-0.15, -0.1) is 0 Å². The Kier molecular flexibility index (Phi) is 5.17. The van der Waals surface area contributed by atoms with Crippen molar-refractivity contribution in [1.82, 2.24) is 0 Å². The topological polar surface area (TPSA) is 38.7 Å². The minimum absolute atomic E-state index is 0.00391. The van der Waals surface area contributed by atoms with Gasteiger partial charge in [-0.25, -0.2) is 0 Å². The molecule has 1 atom stereocenters. The average molecular weight is 286 g/mol. The van der Waals surface area contributed by atoms with Gasteiger partial charge in [0.15, 0.2) is 11.5 Å². The number of hydrogen-bond acceptors (Lipinski definition) is 3. The van der Waals surface area contributed by atoms with Crippen LogP contribution in [0.15, 0.2) is 18.2 Å². The summed E-state index contributed by atoms with van der Waals surface area (Å²) >= 11 is 0. The molecule has 0 aliphatic heterocycles. The first-order valence-corrected chi connectivity index (χ1v) is 7.01. The highest BCUT2D eigenvalue weighted by Gasteiger charge is 2.25. The third kappa shape index (κ3) is 3.60. The molecule has 0 bridgehead atoms. The van der Waals surface area contributed by atoms with Crippen LogP contribution in [0.5, 0.6) is 11.5 Å². The van der Waals surface area contributed by atoms with Crippen molar-refractivity contribution < 1.29 is 23.4 Å². The lowest BCUT2D eigenvalue weighted by Crippen LogP contribution is -2.10. The minimum Gasteiger partial charge on any atom is -0.490 e.